The standard InChI is InChI=1S/C14H21ClN2O3/c1-14(2,3)20-13(18)17-10-5-6-12(11(15)9-10)19-8-4-7-16/h5-6,9H,4,7-8,16H2,1-3H3,(H,17,18). The number of amides is 1. The lowest BCUT2D eigenvalue weighted by Crippen LogP contribution is -2.27. The van der Waals surface area contributed by atoms with E-state index in [4.69, 9.17) is 26.8 Å². The highest BCUT2D eigenvalue weighted by Gasteiger charge is 2.16. The molecular formula is C14H21ClN2O3. The first kappa shape index (κ1) is 16.6. The van der Waals surface area contributed by atoms with Crippen LogP contribution in [0.5, 0.6) is 5.75 Å². The molecule has 0 saturated carbocycles. The van der Waals surface area contributed by atoms with Crippen LogP contribution < -0.4 is 15.8 Å². The molecule has 1 amide bonds. The third-order valence-electron chi connectivity index (χ3n) is 2.18. The third kappa shape index (κ3) is 6.12. The smallest absolute Gasteiger partial charge is 0.412 e. The lowest BCUT2D eigenvalue weighted by molar-refractivity contribution is 0.0636. The molecule has 0 bridgehead atoms. The molecule has 0 aromatic heterocycles. The van der Waals surface area contributed by atoms with Crippen molar-refractivity contribution < 1.29 is 14.3 Å². The molecule has 0 heterocycles. The molecule has 0 aliphatic heterocycles. The van der Waals surface area contributed by atoms with Crippen LogP contribution >= 0.6 is 11.6 Å². The summed E-state index contributed by atoms with van der Waals surface area (Å²) in [6, 6.07) is 5.02. The Morgan fingerprint density at radius 3 is 2.65 bits per heavy atom. The van der Waals surface area contributed by atoms with Crippen molar-refractivity contribution in [2.75, 3.05) is 18.5 Å². The van der Waals surface area contributed by atoms with Crippen LogP contribution in [0.15, 0.2) is 18.2 Å². The van der Waals surface area contributed by atoms with Crippen LogP contribution in [0, 0.1) is 0 Å². The summed E-state index contributed by atoms with van der Waals surface area (Å²) in [6.45, 7) is 6.47. The maximum absolute atomic E-state index is 11.6. The number of rotatable bonds is 5. The number of nitrogens with two attached hydrogens (primary N) is 1. The minimum absolute atomic E-state index is 0.426. The predicted molar refractivity (Wildman–Crippen MR) is 80.5 cm³/mol. The van der Waals surface area contributed by atoms with Crippen molar-refractivity contribution in [1.29, 1.82) is 0 Å². The van der Waals surface area contributed by atoms with Crippen LogP contribution in [0.3, 0.4) is 0 Å². The number of hydrogen-bond acceptors (Lipinski definition) is 4. The molecule has 0 fully saturated rings. The van der Waals surface area contributed by atoms with Crippen molar-refractivity contribution in [3.8, 4) is 5.75 Å². The molecule has 1 aromatic carbocycles. The quantitative estimate of drug-likeness (QED) is 0.817. The van der Waals surface area contributed by atoms with Gasteiger partial charge in [-0.25, -0.2) is 4.79 Å². The van der Waals surface area contributed by atoms with Crippen molar-refractivity contribution in [3.05, 3.63) is 23.2 Å². The number of hydrogen-bond donors (Lipinski definition) is 2. The second-order valence-corrected chi connectivity index (χ2v) is 5.67. The van der Waals surface area contributed by atoms with Crippen LogP contribution in [-0.4, -0.2) is 24.8 Å². The Hall–Kier alpha value is -1.46. The van der Waals surface area contributed by atoms with Gasteiger partial charge in [0.05, 0.1) is 11.6 Å². The summed E-state index contributed by atoms with van der Waals surface area (Å²) in [5.74, 6) is 0.565. The van der Waals surface area contributed by atoms with Gasteiger partial charge in [0.15, 0.2) is 0 Å². The predicted octanol–water partition coefficient (Wildman–Crippen LogP) is 3.41. The van der Waals surface area contributed by atoms with Gasteiger partial charge in [0.25, 0.3) is 0 Å². The topological polar surface area (TPSA) is 73.6 Å². The SMILES string of the molecule is CC(C)(C)OC(=O)Nc1ccc(OCCCN)c(Cl)c1. The highest BCUT2D eigenvalue weighted by molar-refractivity contribution is 6.32. The summed E-state index contributed by atoms with van der Waals surface area (Å²) in [6.07, 6.45) is 0.235. The van der Waals surface area contributed by atoms with Crippen LogP contribution in [0.2, 0.25) is 5.02 Å². The second kappa shape index (κ2) is 7.36. The Morgan fingerprint density at radius 1 is 1.40 bits per heavy atom. The van der Waals surface area contributed by atoms with Gasteiger partial charge in [-0.2, -0.15) is 0 Å². The highest BCUT2D eigenvalue weighted by atomic mass is 35.5. The fraction of sp³-hybridized carbons (Fsp3) is 0.500. The zero-order valence-electron chi connectivity index (χ0n) is 12.0. The van der Waals surface area contributed by atoms with Crippen LogP contribution in [0.25, 0.3) is 0 Å². The van der Waals surface area contributed by atoms with Crippen LogP contribution in [0.4, 0.5) is 10.5 Å². The average Bonchev–Trinajstić information content (AvgIpc) is 2.29. The molecule has 1 rings (SSSR count). The molecule has 5 nitrogen and oxygen atoms in total. The summed E-state index contributed by atoms with van der Waals surface area (Å²) in [4.78, 5) is 11.6. The number of carbonyl (C=O) groups excluding carboxylic acids is 1. The summed E-state index contributed by atoms with van der Waals surface area (Å²) >= 11 is 6.08. The van der Waals surface area contributed by atoms with E-state index in [0.717, 1.165) is 6.42 Å². The Labute approximate surface area is 124 Å². The molecule has 112 valence electrons. The first-order valence-electron chi connectivity index (χ1n) is 6.44. The molecule has 20 heavy (non-hydrogen) atoms. The lowest BCUT2D eigenvalue weighted by atomic mass is 10.2. The van der Waals surface area contributed by atoms with Gasteiger partial charge in [0.1, 0.15) is 11.4 Å². The zero-order chi connectivity index (χ0) is 15.2. The lowest BCUT2D eigenvalue weighted by Gasteiger charge is -2.19. The first-order chi connectivity index (χ1) is 9.31. The van der Waals surface area contributed by atoms with Gasteiger partial charge in [0, 0.05) is 5.69 Å². The van der Waals surface area contributed by atoms with Crippen molar-refractivity contribution in [1.82, 2.24) is 0 Å². The van der Waals surface area contributed by atoms with E-state index in [1.165, 1.54) is 0 Å². The van der Waals surface area contributed by atoms with E-state index in [9.17, 15) is 4.79 Å². The maximum atomic E-state index is 11.6. The molecule has 6 heteroatoms. The van der Waals surface area contributed by atoms with E-state index < -0.39 is 11.7 Å². The molecule has 0 radical (unpaired) electrons. The largest absolute Gasteiger partial charge is 0.492 e. The van der Waals surface area contributed by atoms with Gasteiger partial charge in [-0.1, -0.05) is 11.6 Å². The van der Waals surface area contributed by atoms with Gasteiger partial charge >= 0.3 is 6.09 Å². The minimum atomic E-state index is -0.543. The molecule has 0 aliphatic carbocycles. The van der Waals surface area contributed by atoms with E-state index in [0.29, 0.717) is 29.6 Å². The van der Waals surface area contributed by atoms with E-state index in [1.54, 1.807) is 39.0 Å². The van der Waals surface area contributed by atoms with Gasteiger partial charge in [0.2, 0.25) is 0 Å². The molecule has 1 aromatic rings. The number of anilines is 1. The van der Waals surface area contributed by atoms with Gasteiger partial charge in [-0.3, -0.25) is 5.32 Å². The average molecular weight is 301 g/mol. The van der Waals surface area contributed by atoms with Crippen molar-refractivity contribution >= 4 is 23.4 Å². The maximum Gasteiger partial charge on any atom is 0.412 e. The summed E-state index contributed by atoms with van der Waals surface area (Å²) < 4.78 is 10.6. The van der Waals surface area contributed by atoms with Crippen LogP contribution in [-0.2, 0) is 4.74 Å². The third-order valence-corrected chi connectivity index (χ3v) is 2.48. The zero-order valence-corrected chi connectivity index (χ0v) is 12.8. The fourth-order valence-corrected chi connectivity index (χ4v) is 1.62. The van der Waals surface area contributed by atoms with Gasteiger partial charge < -0.3 is 15.2 Å². The Bertz CT molecular complexity index is 458. The van der Waals surface area contributed by atoms with E-state index in [-0.39, 0.29) is 0 Å². The molecule has 0 atom stereocenters. The number of benzene rings is 1. The number of halogens is 1. The van der Waals surface area contributed by atoms with Crippen molar-refractivity contribution in [2.45, 2.75) is 32.8 Å². The summed E-state index contributed by atoms with van der Waals surface area (Å²) in [7, 11) is 0. The normalized spacial score (nSPS) is 11.1. The van der Waals surface area contributed by atoms with Crippen LogP contribution in [0.1, 0.15) is 27.2 Å². The molecule has 0 aliphatic rings. The van der Waals surface area contributed by atoms with Gasteiger partial charge in [-0.05, 0) is 51.9 Å². The number of nitrogens with one attached hydrogen (secondary N) is 1. The molecule has 0 spiro atoms. The molecular weight excluding hydrogens is 280 g/mol. The molecule has 3 N–H and O–H groups in total. The number of carbonyl (C=O) groups is 1. The molecule has 0 unspecified atom stereocenters. The first-order valence-corrected chi connectivity index (χ1v) is 6.82. The second-order valence-electron chi connectivity index (χ2n) is 5.26. The number of ether oxygens (including phenoxy) is 2. The van der Waals surface area contributed by atoms with E-state index in [2.05, 4.69) is 5.32 Å². The Balaban J connectivity index is 2.61. The Kier molecular flexibility index (Phi) is 6.10. The minimum Gasteiger partial charge on any atom is -0.492 e. The Morgan fingerprint density at radius 2 is 2.10 bits per heavy atom. The van der Waals surface area contributed by atoms with Crippen molar-refractivity contribution in [3.63, 3.8) is 0 Å². The van der Waals surface area contributed by atoms with E-state index >= 15 is 0 Å². The summed E-state index contributed by atoms with van der Waals surface area (Å²) in [5, 5.41) is 3.04. The fourth-order valence-electron chi connectivity index (χ4n) is 1.38. The summed E-state index contributed by atoms with van der Waals surface area (Å²) in [5.41, 5.74) is 5.39. The van der Waals surface area contributed by atoms with Crippen molar-refractivity contribution in [2.24, 2.45) is 5.73 Å². The molecule has 0 saturated heterocycles. The van der Waals surface area contributed by atoms with E-state index in [1.807, 2.05) is 0 Å². The van der Waals surface area contributed by atoms with Gasteiger partial charge in [-0.15, -0.1) is 0 Å². The highest BCUT2D eigenvalue weighted by Crippen LogP contribution is 2.28. The monoisotopic (exact) mass is 300 g/mol.